The molecule has 2 rings (SSSR count). The van der Waals surface area contributed by atoms with Crippen molar-refractivity contribution in [1.29, 1.82) is 0 Å². The van der Waals surface area contributed by atoms with Gasteiger partial charge >= 0.3 is 6.09 Å². The number of ether oxygens (including phenoxy) is 1. The number of hydrogen-bond donors (Lipinski definition) is 1. The molecule has 0 aliphatic carbocycles. The highest BCUT2D eigenvalue weighted by molar-refractivity contribution is 5.67. The Labute approximate surface area is 114 Å². The second-order valence-corrected chi connectivity index (χ2v) is 4.90. The first-order valence-electron chi connectivity index (χ1n) is 6.98. The lowest BCUT2D eigenvalue weighted by Crippen LogP contribution is -2.39. The minimum Gasteiger partial charge on any atom is -0.446 e. The maximum atomic E-state index is 11.3. The predicted molar refractivity (Wildman–Crippen MR) is 74.9 cm³/mol. The van der Waals surface area contributed by atoms with E-state index >= 15 is 0 Å². The highest BCUT2D eigenvalue weighted by atomic mass is 16.6. The van der Waals surface area contributed by atoms with Crippen LogP contribution < -0.4 is 5.32 Å². The van der Waals surface area contributed by atoms with Crippen molar-refractivity contribution in [3.8, 4) is 0 Å². The number of alkyl carbamates (subject to hydrolysis) is 1. The van der Waals surface area contributed by atoms with Gasteiger partial charge in [0, 0.05) is 26.2 Å². The van der Waals surface area contributed by atoms with E-state index in [-0.39, 0.29) is 12.2 Å². The van der Waals surface area contributed by atoms with E-state index < -0.39 is 0 Å². The summed E-state index contributed by atoms with van der Waals surface area (Å²) in [5.41, 5.74) is 1.34. The lowest BCUT2D eigenvalue weighted by atomic mass is 10.1. The average Bonchev–Trinajstić information content (AvgIpc) is 2.42. The third-order valence-electron chi connectivity index (χ3n) is 3.38. The van der Waals surface area contributed by atoms with E-state index in [9.17, 15) is 4.79 Å². The SMILES string of the molecule is CCNC(=O)OC1CCN(Cc2ccccc2)CC1. The molecule has 0 aromatic heterocycles. The van der Waals surface area contributed by atoms with Gasteiger partial charge in [-0.15, -0.1) is 0 Å². The zero-order valence-corrected chi connectivity index (χ0v) is 11.5. The van der Waals surface area contributed by atoms with Gasteiger partial charge in [0.2, 0.25) is 0 Å². The molecule has 1 aromatic rings. The summed E-state index contributed by atoms with van der Waals surface area (Å²) in [7, 11) is 0. The molecule has 1 fully saturated rings. The van der Waals surface area contributed by atoms with Crippen LogP contribution in [0.3, 0.4) is 0 Å². The fourth-order valence-electron chi connectivity index (χ4n) is 2.36. The quantitative estimate of drug-likeness (QED) is 0.906. The molecule has 0 atom stereocenters. The van der Waals surface area contributed by atoms with Crippen LogP contribution in [-0.2, 0) is 11.3 Å². The molecule has 1 aliphatic heterocycles. The summed E-state index contributed by atoms with van der Waals surface area (Å²) in [4.78, 5) is 13.7. The smallest absolute Gasteiger partial charge is 0.407 e. The second kappa shape index (κ2) is 7.14. The number of piperidine rings is 1. The molecule has 1 aliphatic rings. The fourth-order valence-corrected chi connectivity index (χ4v) is 2.36. The summed E-state index contributed by atoms with van der Waals surface area (Å²) < 4.78 is 5.35. The van der Waals surface area contributed by atoms with Crippen LogP contribution in [0.4, 0.5) is 4.79 Å². The number of benzene rings is 1. The van der Waals surface area contributed by atoms with Gasteiger partial charge in [0.25, 0.3) is 0 Å². The molecule has 1 aromatic carbocycles. The zero-order chi connectivity index (χ0) is 13.5. The lowest BCUT2D eigenvalue weighted by molar-refractivity contribution is 0.0490. The molecule has 1 N–H and O–H groups in total. The Balaban J connectivity index is 1.72. The average molecular weight is 262 g/mol. The van der Waals surface area contributed by atoms with Gasteiger partial charge in [-0.3, -0.25) is 4.90 Å². The van der Waals surface area contributed by atoms with Crippen molar-refractivity contribution < 1.29 is 9.53 Å². The van der Waals surface area contributed by atoms with E-state index in [1.54, 1.807) is 0 Å². The van der Waals surface area contributed by atoms with Gasteiger partial charge in [-0.1, -0.05) is 30.3 Å². The first kappa shape index (κ1) is 13.9. The van der Waals surface area contributed by atoms with Crippen molar-refractivity contribution in [1.82, 2.24) is 10.2 Å². The molecule has 4 nitrogen and oxygen atoms in total. The van der Waals surface area contributed by atoms with Crippen LogP contribution in [0, 0.1) is 0 Å². The van der Waals surface area contributed by atoms with Crippen LogP contribution in [0.1, 0.15) is 25.3 Å². The Bertz CT molecular complexity index is 386. The van der Waals surface area contributed by atoms with Crippen molar-refractivity contribution in [2.75, 3.05) is 19.6 Å². The van der Waals surface area contributed by atoms with Gasteiger partial charge in [0.1, 0.15) is 6.10 Å². The molecule has 1 amide bonds. The summed E-state index contributed by atoms with van der Waals surface area (Å²) in [6.45, 7) is 5.46. The fraction of sp³-hybridized carbons (Fsp3) is 0.533. The van der Waals surface area contributed by atoms with E-state index in [1.807, 2.05) is 13.0 Å². The Morgan fingerprint density at radius 2 is 2.00 bits per heavy atom. The molecule has 0 spiro atoms. The molecular weight excluding hydrogens is 240 g/mol. The Morgan fingerprint density at radius 3 is 2.63 bits per heavy atom. The maximum Gasteiger partial charge on any atom is 0.407 e. The van der Waals surface area contributed by atoms with Crippen LogP contribution in [0.2, 0.25) is 0 Å². The van der Waals surface area contributed by atoms with Crippen molar-refractivity contribution in [2.45, 2.75) is 32.4 Å². The summed E-state index contributed by atoms with van der Waals surface area (Å²) in [6.07, 6.45) is 1.62. The van der Waals surface area contributed by atoms with Gasteiger partial charge in [0.05, 0.1) is 0 Å². The number of nitrogens with zero attached hydrogens (tertiary/aromatic N) is 1. The minimum absolute atomic E-state index is 0.0681. The van der Waals surface area contributed by atoms with E-state index in [1.165, 1.54) is 5.56 Å². The molecule has 19 heavy (non-hydrogen) atoms. The van der Waals surface area contributed by atoms with Gasteiger partial charge in [-0.2, -0.15) is 0 Å². The summed E-state index contributed by atoms with van der Waals surface area (Å²) in [6, 6.07) is 10.5. The third-order valence-corrected chi connectivity index (χ3v) is 3.38. The van der Waals surface area contributed by atoms with Crippen molar-refractivity contribution in [3.05, 3.63) is 35.9 Å². The molecule has 0 saturated carbocycles. The number of carbonyl (C=O) groups is 1. The number of amides is 1. The predicted octanol–water partition coefficient (Wildman–Crippen LogP) is 2.40. The summed E-state index contributed by atoms with van der Waals surface area (Å²) in [5.74, 6) is 0. The molecular formula is C15H22N2O2. The van der Waals surface area contributed by atoms with E-state index in [2.05, 4.69) is 34.5 Å². The third kappa shape index (κ3) is 4.56. The van der Waals surface area contributed by atoms with Crippen molar-refractivity contribution in [3.63, 3.8) is 0 Å². The monoisotopic (exact) mass is 262 g/mol. The molecule has 0 bridgehead atoms. The Kier molecular flexibility index (Phi) is 5.21. The van der Waals surface area contributed by atoms with E-state index in [4.69, 9.17) is 4.74 Å². The van der Waals surface area contributed by atoms with Crippen LogP contribution in [-0.4, -0.2) is 36.7 Å². The molecule has 1 heterocycles. The summed E-state index contributed by atoms with van der Waals surface area (Å²) in [5, 5.41) is 2.67. The molecule has 0 unspecified atom stereocenters. The first-order valence-corrected chi connectivity index (χ1v) is 6.98. The number of nitrogens with one attached hydrogen (secondary N) is 1. The normalized spacial score (nSPS) is 17.1. The first-order chi connectivity index (χ1) is 9.28. The van der Waals surface area contributed by atoms with Crippen LogP contribution in [0.25, 0.3) is 0 Å². The van der Waals surface area contributed by atoms with E-state index in [0.29, 0.717) is 6.54 Å². The van der Waals surface area contributed by atoms with Gasteiger partial charge in [-0.25, -0.2) is 4.79 Å². The number of likely N-dealkylation sites (tertiary alicyclic amines) is 1. The van der Waals surface area contributed by atoms with Crippen LogP contribution in [0.15, 0.2) is 30.3 Å². The van der Waals surface area contributed by atoms with Crippen LogP contribution >= 0.6 is 0 Å². The molecule has 1 saturated heterocycles. The zero-order valence-electron chi connectivity index (χ0n) is 11.5. The Morgan fingerprint density at radius 1 is 1.32 bits per heavy atom. The topological polar surface area (TPSA) is 41.6 Å². The minimum atomic E-state index is -0.288. The lowest BCUT2D eigenvalue weighted by Gasteiger charge is -2.31. The Hall–Kier alpha value is -1.55. The maximum absolute atomic E-state index is 11.3. The number of rotatable bonds is 4. The number of hydrogen-bond acceptors (Lipinski definition) is 3. The highest BCUT2D eigenvalue weighted by Crippen LogP contribution is 2.16. The number of carbonyl (C=O) groups excluding carboxylic acids is 1. The largest absolute Gasteiger partial charge is 0.446 e. The van der Waals surface area contributed by atoms with Gasteiger partial charge < -0.3 is 10.1 Å². The molecule has 104 valence electrons. The second-order valence-electron chi connectivity index (χ2n) is 4.90. The molecule has 4 heteroatoms. The highest BCUT2D eigenvalue weighted by Gasteiger charge is 2.21. The van der Waals surface area contributed by atoms with Crippen LogP contribution in [0.5, 0.6) is 0 Å². The van der Waals surface area contributed by atoms with Gasteiger partial charge in [0.15, 0.2) is 0 Å². The van der Waals surface area contributed by atoms with Crippen molar-refractivity contribution in [2.24, 2.45) is 0 Å². The summed E-state index contributed by atoms with van der Waals surface area (Å²) >= 11 is 0. The van der Waals surface area contributed by atoms with E-state index in [0.717, 1.165) is 32.5 Å². The molecule has 0 radical (unpaired) electrons. The standard InChI is InChI=1S/C15H22N2O2/c1-2-16-15(18)19-14-8-10-17(11-9-14)12-13-6-4-3-5-7-13/h3-7,14H,2,8-12H2,1H3,(H,16,18). The van der Waals surface area contributed by atoms with Crippen molar-refractivity contribution >= 4 is 6.09 Å². The van der Waals surface area contributed by atoms with Gasteiger partial charge in [-0.05, 0) is 25.3 Å².